The summed E-state index contributed by atoms with van der Waals surface area (Å²) in [6.45, 7) is 4.98. The number of hydrogen-bond donors (Lipinski definition) is 1. The van der Waals surface area contributed by atoms with Gasteiger partial charge in [0.1, 0.15) is 17.3 Å². The SMILES string of the molecule is Cc1cc(CNc2cc(Cl)nc3ncnn23)sc1C. The van der Waals surface area contributed by atoms with E-state index in [2.05, 4.69) is 40.3 Å². The molecule has 0 saturated heterocycles. The fourth-order valence-electron chi connectivity index (χ4n) is 1.82. The first kappa shape index (κ1) is 12.4. The van der Waals surface area contributed by atoms with Gasteiger partial charge in [-0.15, -0.1) is 11.3 Å². The number of aromatic nitrogens is 4. The van der Waals surface area contributed by atoms with Gasteiger partial charge in [0.05, 0.1) is 6.54 Å². The zero-order valence-electron chi connectivity index (χ0n) is 10.5. The van der Waals surface area contributed by atoms with Crippen LogP contribution in [0.3, 0.4) is 0 Å². The van der Waals surface area contributed by atoms with E-state index < -0.39 is 0 Å². The van der Waals surface area contributed by atoms with Gasteiger partial charge in [-0.2, -0.15) is 19.6 Å². The van der Waals surface area contributed by atoms with Crippen LogP contribution in [0.1, 0.15) is 15.3 Å². The van der Waals surface area contributed by atoms with Crippen molar-refractivity contribution in [3.63, 3.8) is 0 Å². The summed E-state index contributed by atoms with van der Waals surface area (Å²) in [6, 6.07) is 3.94. The van der Waals surface area contributed by atoms with E-state index in [1.54, 1.807) is 21.9 Å². The lowest BCUT2D eigenvalue weighted by Gasteiger charge is -2.06. The van der Waals surface area contributed by atoms with Gasteiger partial charge in [0.2, 0.25) is 0 Å². The standard InChI is InChI=1S/C12H12ClN5S/c1-7-3-9(19-8(7)2)5-14-11-4-10(13)17-12-15-6-16-18(11)12/h3-4,6,14H,5H2,1-2H3. The van der Waals surface area contributed by atoms with Crippen molar-refractivity contribution < 1.29 is 0 Å². The van der Waals surface area contributed by atoms with Gasteiger partial charge in [-0.05, 0) is 25.5 Å². The molecule has 98 valence electrons. The van der Waals surface area contributed by atoms with Gasteiger partial charge in [0.25, 0.3) is 5.78 Å². The van der Waals surface area contributed by atoms with Crippen LogP contribution in [0.15, 0.2) is 18.5 Å². The van der Waals surface area contributed by atoms with Crippen molar-refractivity contribution in [3.05, 3.63) is 38.9 Å². The van der Waals surface area contributed by atoms with Crippen molar-refractivity contribution >= 4 is 34.5 Å². The van der Waals surface area contributed by atoms with E-state index in [1.165, 1.54) is 21.6 Å². The second-order valence-electron chi connectivity index (χ2n) is 4.24. The van der Waals surface area contributed by atoms with Gasteiger partial charge in [0, 0.05) is 15.8 Å². The molecule has 0 bridgehead atoms. The number of aryl methyl sites for hydroxylation is 2. The fourth-order valence-corrected chi connectivity index (χ4v) is 3.00. The minimum Gasteiger partial charge on any atom is -0.365 e. The largest absolute Gasteiger partial charge is 0.365 e. The topological polar surface area (TPSA) is 55.1 Å². The molecule has 0 aromatic carbocycles. The van der Waals surface area contributed by atoms with Crippen LogP contribution in [0, 0.1) is 13.8 Å². The lowest BCUT2D eigenvalue weighted by molar-refractivity contribution is 0.928. The normalized spacial score (nSPS) is 11.1. The van der Waals surface area contributed by atoms with Crippen LogP contribution in [0.2, 0.25) is 5.15 Å². The van der Waals surface area contributed by atoms with E-state index in [1.807, 2.05) is 0 Å². The number of rotatable bonds is 3. The first-order chi connectivity index (χ1) is 9.13. The van der Waals surface area contributed by atoms with Crippen molar-refractivity contribution in [1.82, 2.24) is 19.6 Å². The van der Waals surface area contributed by atoms with Crippen LogP contribution in [-0.4, -0.2) is 19.6 Å². The van der Waals surface area contributed by atoms with Crippen molar-refractivity contribution in [3.8, 4) is 0 Å². The molecule has 3 rings (SSSR count). The third-order valence-electron chi connectivity index (χ3n) is 2.88. The third-order valence-corrected chi connectivity index (χ3v) is 4.23. The molecule has 0 radical (unpaired) electrons. The Balaban J connectivity index is 1.87. The lowest BCUT2D eigenvalue weighted by atomic mass is 10.3. The zero-order valence-corrected chi connectivity index (χ0v) is 12.1. The second-order valence-corrected chi connectivity index (χ2v) is 5.97. The number of fused-ring (bicyclic) bond motifs is 1. The molecule has 0 aliphatic rings. The van der Waals surface area contributed by atoms with E-state index in [4.69, 9.17) is 11.6 Å². The highest BCUT2D eigenvalue weighted by atomic mass is 35.5. The molecule has 0 unspecified atom stereocenters. The monoisotopic (exact) mass is 293 g/mol. The Kier molecular flexibility index (Phi) is 3.12. The molecule has 0 fully saturated rings. The minimum absolute atomic E-state index is 0.404. The summed E-state index contributed by atoms with van der Waals surface area (Å²) >= 11 is 7.75. The van der Waals surface area contributed by atoms with Crippen LogP contribution < -0.4 is 5.32 Å². The molecule has 0 aliphatic carbocycles. The van der Waals surface area contributed by atoms with E-state index in [-0.39, 0.29) is 0 Å². The number of anilines is 1. The molecule has 1 N–H and O–H groups in total. The molecular formula is C12H12ClN5S. The number of nitrogens with one attached hydrogen (secondary N) is 1. The molecule has 0 saturated carbocycles. The average Bonchev–Trinajstić information content (AvgIpc) is 2.94. The van der Waals surface area contributed by atoms with E-state index >= 15 is 0 Å². The number of halogens is 1. The molecule has 0 spiro atoms. The van der Waals surface area contributed by atoms with Gasteiger partial charge in [-0.25, -0.2) is 0 Å². The molecule has 0 amide bonds. The van der Waals surface area contributed by atoms with E-state index in [9.17, 15) is 0 Å². The Labute approximate surface area is 119 Å². The van der Waals surface area contributed by atoms with Gasteiger partial charge in [-0.1, -0.05) is 11.6 Å². The molecule has 3 aromatic rings. The van der Waals surface area contributed by atoms with Crippen LogP contribution in [0.5, 0.6) is 0 Å². The minimum atomic E-state index is 0.404. The van der Waals surface area contributed by atoms with Gasteiger partial charge in [0.15, 0.2) is 0 Å². The van der Waals surface area contributed by atoms with Crippen LogP contribution in [-0.2, 0) is 6.54 Å². The van der Waals surface area contributed by atoms with E-state index in [0.29, 0.717) is 10.9 Å². The van der Waals surface area contributed by atoms with Gasteiger partial charge >= 0.3 is 0 Å². The maximum absolute atomic E-state index is 5.96. The van der Waals surface area contributed by atoms with Gasteiger partial charge in [-0.3, -0.25) is 0 Å². The summed E-state index contributed by atoms with van der Waals surface area (Å²) < 4.78 is 1.64. The number of thiophene rings is 1. The first-order valence-electron chi connectivity index (χ1n) is 5.79. The highest BCUT2D eigenvalue weighted by Gasteiger charge is 2.07. The molecular weight excluding hydrogens is 282 g/mol. The zero-order chi connectivity index (χ0) is 13.4. The van der Waals surface area contributed by atoms with Crippen molar-refractivity contribution in [2.75, 3.05) is 5.32 Å². The highest BCUT2D eigenvalue weighted by molar-refractivity contribution is 7.12. The molecule has 0 atom stereocenters. The van der Waals surface area contributed by atoms with E-state index in [0.717, 1.165) is 12.4 Å². The van der Waals surface area contributed by atoms with Crippen LogP contribution in [0.4, 0.5) is 5.82 Å². The van der Waals surface area contributed by atoms with Crippen LogP contribution in [0.25, 0.3) is 5.78 Å². The van der Waals surface area contributed by atoms with Crippen molar-refractivity contribution in [2.24, 2.45) is 0 Å². The van der Waals surface area contributed by atoms with Crippen LogP contribution >= 0.6 is 22.9 Å². The molecule has 19 heavy (non-hydrogen) atoms. The lowest BCUT2D eigenvalue weighted by Crippen LogP contribution is -2.05. The maximum Gasteiger partial charge on any atom is 0.255 e. The number of hydrogen-bond acceptors (Lipinski definition) is 5. The third kappa shape index (κ3) is 2.41. The fraction of sp³-hybridized carbons (Fsp3) is 0.250. The van der Waals surface area contributed by atoms with Crippen molar-refractivity contribution in [1.29, 1.82) is 0 Å². The summed E-state index contributed by atoms with van der Waals surface area (Å²) in [5.74, 6) is 1.28. The molecule has 3 heterocycles. The molecule has 0 aliphatic heterocycles. The summed E-state index contributed by atoms with van der Waals surface area (Å²) in [4.78, 5) is 10.7. The summed E-state index contributed by atoms with van der Waals surface area (Å²) in [5, 5.41) is 7.84. The Hall–Kier alpha value is -1.66. The maximum atomic E-state index is 5.96. The quantitative estimate of drug-likeness (QED) is 0.754. The van der Waals surface area contributed by atoms with Gasteiger partial charge < -0.3 is 5.32 Å². The summed E-state index contributed by atoms with van der Waals surface area (Å²) in [5.41, 5.74) is 1.32. The second kappa shape index (κ2) is 4.79. The predicted octanol–water partition coefficient (Wildman–Crippen LogP) is 3.07. The average molecular weight is 294 g/mol. The Morgan fingerprint density at radius 3 is 2.95 bits per heavy atom. The van der Waals surface area contributed by atoms with Crippen molar-refractivity contribution in [2.45, 2.75) is 20.4 Å². The smallest absolute Gasteiger partial charge is 0.255 e. The molecule has 3 aromatic heterocycles. The number of nitrogens with zero attached hydrogens (tertiary/aromatic N) is 4. The molecule has 5 nitrogen and oxygen atoms in total. The first-order valence-corrected chi connectivity index (χ1v) is 6.99. The Bertz CT molecular complexity index is 713. The highest BCUT2D eigenvalue weighted by Crippen LogP contribution is 2.22. The summed E-state index contributed by atoms with van der Waals surface area (Å²) in [7, 11) is 0. The molecule has 7 heteroatoms. The predicted molar refractivity (Wildman–Crippen MR) is 76.9 cm³/mol. The Morgan fingerprint density at radius 1 is 1.37 bits per heavy atom. The Morgan fingerprint density at radius 2 is 2.21 bits per heavy atom. The summed E-state index contributed by atoms with van der Waals surface area (Å²) in [6.07, 6.45) is 1.46.